The van der Waals surface area contributed by atoms with Gasteiger partial charge in [-0.25, -0.2) is 4.90 Å². The highest BCUT2D eigenvalue weighted by atomic mass is 35.5. The molecule has 6 nitrogen and oxygen atoms in total. The topological polar surface area (TPSA) is 60.9 Å². The maximum absolute atomic E-state index is 14.1. The minimum Gasteiger partial charge on any atom is -0.310 e. The van der Waals surface area contributed by atoms with Crippen LogP contribution in [0.25, 0.3) is 0 Å². The number of hydrogen-bond acceptors (Lipinski definition) is 4. The molecule has 3 fully saturated rings. The van der Waals surface area contributed by atoms with Crippen molar-refractivity contribution in [2.45, 2.75) is 31.3 Å². The van der Waals surface area contributed by atoms with Crippen LogP contribution in [-0.4, -0.2) is 41.8 Å². The van der Waals surface area contributed by atoms with E-state index in [1.54, 1.807) is 23.1 Å². The van der Waals surface area contributed by atoms with Gasteiger partial charge in [0, 0.05) is 28.9 Å². The summed E-state index contributed by atoms with van der Waals surface area (Å²) in [5.74, 6) is -2.16. The molecule has 0 radical (unpaired) electrons. The molecule has 0 aromatic heterocycles. The van der Waals surface area contributed by atoms with Crippen LogP contribution in [0.2, 0.25) is 10.0 Å². The van der Waals surface area contributed by atoms with E-state index in [1.807, 2.05) is 31.2 Å². The number of carbonyl (C=O) groups excluding carboxylic acids is 3. The van der Waals surface area contributed by atoms with Crippen LogP contribution in [0.5, 0.6) is 0 Å². The number of carbonyl (C=O) groups is 3. The van der Waals surface area contributed by atoms with Crippen LogP contribution in [0.1, 0.15) is 25.3 Å². The average molecular weight is 470 g/mol. The van der Waals surface area contributed by atoms with Crippen LogP contribution in [0.4, 0.5) is 11.4 Å². The van der Waals surface area contributed by atoms with E-state index in [9.17, 15) is 14.4 Å². The van der Waals surface area contributed by atoms with Crippen molar-refractivity contribution in [2.24, 2.45) is 11.8 Å². The molecule has 0 saturated carbocycles. The minimum atomic E-state index is -1.16. The zero-order valence-corrected chi connectivity index (χ0v) is 18.9. The molecule has 4 aliphatic heterocycles. The fraction of sp³-hybridized carbons (Fsp3) is 0.375. The number of rotatable bonds is 2. The molecule has 2 aromatic carbocycles. The van der Waals surface area contributed by atoms with Gasteiger partial charge in [-0.15, -0.1) is 0 Å². The molecule has 0 N–H and O–H groups in total. The van der Waals surface area contributed by atoms with Gasteiger partial charge in [0.15, 0.2) is 0 Å². The number of hydrogen-bond donors (Lipinski definition) is 0. The molecule has 8 heteroatoms. The normalized spacial score (nSPS) is 31.1. The van der Waals surface area contributed by atoms with Crippen molar-refractivity contribution >= 4 is 52.3 Å². The highest BCUT2D eigenvalue weighted by molar-refractivity contribution is 6.38. The lowest BCUT2D eigenvalue weighted by molar-refractivity contribution is -0.137. The van der Waals surface area contributed by atoms with Crippen molar-refractivity contribution < 1.29 is 14.4 Å². The standard InChI is InChI=1S/C24H21Cl2N3O3/c1-2-27-16-7-4-3-6-14(16)24(23(27)32)20-19(17-8-5-11-28(17)24)21(30)29(22(20)31)18-12-13(25)9-10-15(18)26/h3-4,6-7,9-10,12,17,19-20H,2,5,8,11H2,1H3/t17-,19-,20+,24+/m1/s1. The first kappa shape index (κ1) is 20.2. The van der Waals surface area contributed by atoms with Gasteiger partial charge in [-0.1, -0.05) is 41.4 Å². The maximum atomic E-state index is 14.1. The van der Waals surface area contributed by atoms with Gasteiger partial charge >= 0.3 is 0 Å². The minimum absolute atomic E-state index is 0.110. The van der Waals surface area contributed by atoms with Gasteiger partial charge in [0.2, 0.25) is 11.8 Å². The predicted molar refractivity (Wildman–Crippen MR) is 122 cm³/mol. The Kier molecular flexibility index (Phi) is 4.29. The van der Waals surface area contributed by atoms with E-state index in [0.717, 1.165) is 24.1 Å². The van der Waals surface area contributed by atoms with Gasteiger partial charge in [-0.2, -0.15) is 0 Å². The Morgan fingerprint density at radius 3 is 2.59 bits per heavy atom. The van der Waals surface area contributed by atoms with Gasteiger partial charge in [0.1, 0.15) is 5.54 Å². The second-order valence-electron chi connectivity index (χ2n) is 8.85. The second-order valence-corrected chi connectivity index (χ2v) is 9.69. The number of amides is 3. The number of para-hydroxylation sites is 1. The first-order valence-electron chi connectivity index (χ1n) is 10.9. The van der Waals surface area contributed by atoms with E-state index in [0.29, 0.717) is 18.1 Å². The monoisotopic (exact) mass is 469 g/mol. The summed E-state index contributed by atoms with van der Waals surface area (Å²) in [6, 6.07) is 12.3. The lowest BCUT2D eigenvalue weighted by atomic mass is 9.75. The molecule has 6 rings (SSSR count). The van der Waals surface area contributed by atoms with Crippen LogP contribution in [0.3, 0.4) is 0 Å². The molecule has 4 atom stereocenters. The van der Waals surface area contributed by atoms with E-state index >= 15 is 0 Å². The zero-order chi connectivity index (χ0) is 22.4. The van der Waals surface area contributed by atoms with E-state index in [-0.39, 0.29) is 34.5 Å². The third-order valence-corrected chi connectivity index (χ3v) is 8.16. The zero-order valence-electron chi connectivity index (χ0n) is 17.4. The Balaban J connectivity index is 1.58. The van der Waals surface area contributed by atoms with Crippen molar-refractivity contribution in [1.82, 2.24) is 4.90 Å². The van der Waals surface area contributed by atoms with Crippen LogP contribution >= 0.6 is 23.2 Å². The first-order chi connectivity index (χ1) is 15.4. The summed E-state index contributed by atoms with van der Waals surface area (Å²) in [5, 5.41) is 0.667. The average Bonchev–Trinajstić information content (AvgIpc) is 3.48. The lowest BCUT2D eigenvalue weighted by Crippen LogP contribution is -2.56. The Morgan fingerprint density at radius 1 is 1.03 bits per heavy atom. The molecule has 1 spiro atoms. The maximum Gasteiger partial charge on any atom is 0.253 e. The van der Waals surface area contributed by atoms with Crippen LogP contribution in [0.15, 0.2) is 42.5 Å². The summed E-state index contributed by atoms with van der Waals surface area (Å²) in [6.45, 7) is 3.12. The van der Waals surface area contributed by atoms with Gasteiger partial charge < -0.3 is 4.90 Å². The molecule has 4 aliphatic rings. The van der Waals surface area contributed by atoms with E-state index in [1.165, 1.54) is 4.90 Å². The second kappa shape index (κ2) is 6.80. The SMILES string of the molecule is CCN1C(=O)[C@]2(c3ccccc31)[C@@H]1C(=O)N(c3cc(Cl)ccc3Cl)C(=O)[C@@H]1[C@H]1CCCN12. The third-order valence-electron chi connectivity index (χ3n) is 7.61. The van der Waals surface area contributed by atoms with E-state index in [2.05, 4.69) is 4.90 Å². The quantitative estimate of drug-likeness (QED) is 0.626. The van der Waals surface area contributed by atoms with Crippen LogP contribution in [-0.2, 0) is 19.9 Å². The number of likely N-dealkylation sites (N-methyl/N-ethyl adjacent to an activating group) is 1. The van der Waals surface area contributed by atoms with E-state index in [4.69, 9.17) is 23.2 Å². The fourth-order valence-corrected chi connectivity index (χ4v) is 6.92. The molecule has 0 bridgehead atoms. The molecular weight excluding hydrogens is 449 g/mol. The summed E-state index contributed by atoms with van der Waals surface area (Å²) >= 11 is 12.6. The summed E-state index contributed by atoms with van der Waals surface area (Å²) < 4.78 is 0. The highest BCUT2D eigenvalue weighted by Gasteiger charge is 2.75. The Morgan fingerprint density at radius 2 is 1.81 bits per heavy atom. The molecule has 3 saturated heterocycles. The summed E-state index contributed by atoms with van der Waals surface area (Å²) in [5.41, 5.74) is 0.775. The molecule has 32 heavy (non-hydrogen) atoms. The highest BCUT2D eigenvalue weighted by Crippen LogP contribution is 2.62. The number of nitrogens with zero attached hydrogens (tertiary/aromatic N) is 3. The van der Waals surface area contributed by atoms with Gasteiger partial charge in [-0.3, -0.25) is 19.3 Å². The number of fused-ring (bicyclic) bond motifs is 7. The number of imide groups is 1. The Hall–Kier alpha value is -2.41. The van der Waals surface area contributed by atoms with Crippen LogP contribution in [0, 0.1) is 11.8 Å². The van der Waals surface area contributed by atoms with Crippen molar-refractivity contribution in [3.8, 4) is 0 Å². The molecule has 0 unspecified atom stereocenters. The molecule has 4 heterocycles. The summed E-state index contributed by atoms with van der Waals surface area (Å²) in [4.78, 5) is 46.9. The largest absolute Gasteiger partial charge is 0.310 e. The summed E-state index contributed by atoms with van der Waals surface area (Å²) in [7, 11) is 0. The molecule has 3 amide bonds. The Bertz CT molecular complexity index is 1200. The summed E-state index contributed by atoms with van der Waals surface area (Å²) in [6.07, 6.45) is 1.66. The molecule has 164 valence electrons. The smallest absolute Gasteiger partial charge is 0.253 e. The van der Waals surface area contributed by atoms with Crippen molar-refractivity contribution in [1.29, 1.82) is 0 Å². The third kappa shape index (κ3) is 2.23. The molecule has 0 aliphatic carbocycles. The predicted octanol–water partition coefficient (Wildman–Crippen LogP) is 3.84. The van der Waals surface area contributed by atoms with E-state index < -0.39 is 17.4 Å². The number of benzene rings is 2. The fourth-order valence-electron chi connectivity index (χ4n) is 6.55. The lowest BCUT2D eigenvalue weighted by Gasteiger charge is -2.37. The van der Waals surface area contributed by atoms with Crippen molar-refractivity contribution in [3.63, 3.8) is 0 Å². The Labute approximate surface area is 195 Å². The van der Waals surface area contributed by atoms with Gasteiger partial charge in [-0.05, 0) is 50.6 Å². The van der Waals surface area contributed by atoms with Crippen molar-refractivity contribution in [3.05, 3.63) is 58.1 Å². The van der Waals surface area contributed by atoms with Crippen molar-refractivity contribution in [2.75, 3.05) is 22.9 Å². The molecule has 2 aromatic rings. The van der Waals surface area contributed by atoms with Gasteiger partial charge in [0.05, 0.1) is 22.5 Å². The number of halogens is 2. The number of anilines is 2. The van der Waals surface area contributed by atoms with Crippen LogP contribution < -0.4 is 9.80 Å². The van der Waals surface area contributed by atoms with Gasteiger partial charge in [0.25, 0.3) is 5.91 Å². The first-order valence-corrected chi connectivity index (χ1v) is 11.7. The molecular formula is C24H21Cl2N3O3.